The van der Waals surface area contributed by atoms with Gasteiger partial charge in [0.25, 0.3) is 0 Å². The van der Waals surface area contributed by atoms with Gasteiger partial charge in [-0.25, -0.2) is 0 Å². The highest BCUT2D eigenvalue weighted by atomic mass is 35.5. The van der Waals surface area contributed by atoms with E-state index in [2.05, 4.69) is 10.4 Å². The minimum absolute atomic E-state index is 0.152. The Morgan fingerprint density at radius 2 is 2.28 bits per heavy atom. The summed E-state index contributed by atoms with van der Waals surface area (Å²) in [5.41, 5.74) is 7.60. The van der Waals surface area contributed by atoms with Crippen molar-refractivity contribution in [1.29, 1.82) is 0 Å². The van der Waals surface area contributed by atoms with E-state index in [1.54, 1.807) is 29.1 Å². The average molecular weight is 265 g/mol. The number of nitrogen functional groups attached to an aromatic ring is 1. The number of amides is 1. The summed E-state index contributed by atoms with van der Waals surface area (Å²) in [7, 11) is 0. The molecular weight excluding hydrogens is 252 g/mol. The first kappa shape index (κ1) is 12.4. The van der Waals surface area contributed by atoms with E-state index in [1.165, 1.54) is 0 Å². The van der Waals surface area contributed by atoms with Crippen LogP contribution in [0, 0.1) is 6.92 Å². The second-order valence-electron chi connectivity index (χ2n) is 3.92. The van der Waals surface area contributed by atoms with Gasteiger partial charge in [-0.15, -0.1) is 0 Å². The predicted octanol–water partition coefficient (Wildman–Crippen LogP) is 2.07. The maximum Gasteiger partial charge on any atom is 0.246 e. The van der Waals surface area contributed by atoms with Crippen LogP contribution in [-0.4, -0.2) is 15.7 Å². The molecule has 0 unspecified atom stereocenters. The van der Waals surface area contributed by atoms with Crippen molar-refractivity contribution in [2.75, 3.05) is 11.1 Å². The Morgan fingerprint density at radius 1 is 1.50 bits per heavy atom. The van der Waals surface area contributed by atoms with Gasteiger partial charge in [-0.3, -0.25) is 9.48 Å². The van der Waals surface area contributed by atoms with Gasteiger partial charge in [0.05, 0.1) is 10.7 Å². The zero-order valence-electron chi connectivity index (χ0n) is 9.85. The third-order valence-corrected chi connectivity index (χ3v) is 2.80. The number of anilines is 2. The monoisotopic (exact) mass is 264 g/mol. The molecule has 0 saturated heterocycles. The van der Waals surface area contributed by atoms with Gasteiger partial charge >= 0.3 is 0 Å². The molecule has 1 aromatic carbocycles. The van der Waals surface area contributed by atoms with Crippen LogP contribution in [0.15, 0.2) is 30.5 Å². The zero-order chi connectivity index (χ0) is 13.1. The van der Waals surface area contributed by atoms with E-state index in [4.69, 9.17) is 17.3 Å². The summed E-state index contributed by atoms with van der Waals surface area (Å²) in [6, 6.07) is 6.78. The van der Waals surface area contributed by atoms with Gasteiger partial charge in [0.1, 0.15) is 6.54 Å². The number of carbonyl (C=O) groups excluding carboxylic acids is 1. The molecule has 2 rings (SSSR count). The van der Waals surface area contributed by atoms with E-state index in [1.807, 2.05) is 13.0 Å². The summed E-state index contributed by atoms with van der Waals surface area (Å²) < 4.78 is 1.61. The van der Waals surface area contributed by atoms with Crippen molar-refractivity contribution < 1.29 is 4.79 Å². The van der Waals surface area contributed by atoms with Gasteiger partial charge in [0.15, 0.2) is 0 Å². The van der Waals surface area contributed by atoms with Crippen molar-refractivity contribution in [3.8, 4) is 0 Å². The van der Waals surface area contributed by atoms with E-state index < -0.39 is 0 Å². The average Bonchev–Trinajstić information content (AvgIpc) is 2.69. The highest BCUT2D eigenvalue weighted by Crippen LogP contribution is 2.23. The molecule has 0 fully saturated rings. The summed E-state index contributed by atoms with van der Waals surface area (Å²) in [5.74, 6) is -0.187. The molecule has 3 N–H and O–H groups in total. The normalized spacial score (nSPS) is 10.3. The second-order valence-corrected chi connectivity index (χ2v) is 4.32. The van der Waals surface area contributed by atoms with Crippen molar-refractivity contribution in [2.24, 2.45) is 0 Å². The fourth-order valence-electron chi connectivity index (χ4n) is 1.52. The Balaban J connectivity index is 2.05. The first-order valence-corrected chi connectivity index (χ1v) is 5.77. The largest absolute Gasteiger partial charge is 0.399 e. The van der Waals surface area contributed by atoms with Crippen LogP contribution < -0.4 is 11.1 Å². The number of rotatable bonds is 3. The van der Waals surface area contributed by atoms with Gasteiger partial charge in [-0.1, -0.05) is 11.6 Å². The van der Waals surface area contributed by atoms with Crippen LogP contribution >= 0.6 is 11.6 Å². The van der Waals surface area contributed by atoms with Crippen LogP contribution in [0.3, 0.4) is 0 Å². The highest BCUT2D eigenvalue weighted by molar-refractivity contribution is 6.34. The van der Waals surface area contributed by atoms with Crippen LogP contribution in [0.2, 0.25) is 5.02 Å². The quantitative estimate of drug-likeness (QED) is 0.834. The van der Waals surface area contributed by atoms with Crippen LogP contribution in [0.1, 0.15) is 5.69 Å². The van der Waals surface area contributed by atoms with Crippen LogP contribution in [0.4, 0.5) is 11.4 Å². The second kappa shape index (κ2) is 5.10. The lowest BCUT2D eigenvalue weighted by molar-refractivity contribution is -0.116. The standard InChI is InChI=1S/C12H13ClN4O/c1-8-4-5-15-17(8)7-12(18)16-11-3-2-9(14)6-10(11)13/h2-6H,7,14H2,1H3,(H,16,18). The number of nitrogens with zero attached hydrogens (tertiary/aromatic N) is 2. The number of hydrogen-bond acceptors (Lipinski definition) is 3. The lowest BCUT2D eigenvalue weighted by Gasteiger charge is -2.08. The maximum atomic E-state index is 11.8. The minimum atomic E-state index is -0.187. The topological polar surface area (TPSA) is 72.9 Å². The molecule has 5 nitrogen and oxygen atoms in total. The molecule has 0 radical (unpaired) electrons. The zero-order valence-corrected chi connectivity index (χ0v) is 10.6. The van der Waals surface area contributed by atoms with Gasteiger partial charge in [-0.05, 0) is 31.2 Å². The fourth-order valence-corrected chi connectivity index (χ4v) is 1.76. The number of carbonyl (C=O) groups is 1. The third kappa shape index (κ3) is 2.81. The van der Waals surface area contributed by atoms with Gasteiger partial charge < -0.3 is 11.1 Å². The number of aromatic nitrogens is 2. The predicted molar refractivity (Wildman–Crippen MR) is 71.5 cm³/mol. The van der Waals surface area contributed by atoms with Crippen molar-refractivity contribution in [3.63, 3.8) is 0 Å². The van der Waals surface area contributed by atoms with E-state index in [9.17, 15) is 4.79 Å². The van der Waals surface area contributed by atoms with Gasteiger partial charge in [0, 0.05) is 17.6 Å². The molecule has 18 heavy (non-hydrogen) atoms. The highest BCUT2D eigenvalue weighted by Gasteiger charge is 2.08. The molecule has 0 aliphatic carbocycles. The Kier molecular flexibility index (Phi) is 3.53. The van der Waals surface area contributed by atoms with Crippen molar-refractivity contribution in [1.82, 2.24) is 9.78 Å². The number of hydrogen-bond donors (Lipinski definition) is 2. The molecule has 0 aliphatic rings. The first-order valence-electron chi connectivity index (χ1n) is 5.39. The number of halogens is 1. The minimum Gasteiger partial charge on any atom is -0.399 e. The Hall–Kier alpha value is -2.01. The number of nitrogens with two attached hydrogens (primary N) is 1. The molecule has 2 aromatic rings. The molecular formula is C12H13ClN4O. The summed E-state index contributed by atoms with van der Waals surface area (Å²) in [4.78, 5) is 11.8. The number of benzene rings is 1. The molecule has 1 heterocycles. The van der Waals surface area contributed by atoms with E-state index in [-0.39, 0.29) is 12.5 Å². The van der Waals surface area contributed by atoms with Crippen LogP contribution in [0.5, 0.6) is 0 Å². The molecule has 1 aromatic heterocycles. The van der Waals surface area contributed by atoms with E-state index >= 15 is 0 Å². The number of aryl methyl sites for hydroxylation is 1. The van der Waals surface area contributed by atoms with Crippen LogP contribution in [0.25, 0.3) is 0 Å². The van der Waals surface area contributed by atoms with Crippen molar-refractivity contribution >= 4 is 28.9 Å². The smallest absolute Gasteiger partial charge is 0.246 e. The molecule has 0 atom stereocenters. The van der Waals surface area contributed by atoms with Crippen molar-refractivity contribution in [2.45, 2.75) is 13.5 Å². The van der Waals surface area contributed by atoms with Gasteiger partial charge in [0.2, 0.25) is 5.91 Å². The molecule has 0 bridgehead atoms. The van der Waals surface area contributed by atoms with E-state index in [0.29, 0.717) is 16.4 Å². The summed E-state index contributed by atoms with van der Waals surface area (Å²) >= 11 is 5.97. The third-order valence-electron chi connectivity index (χ3n) is 2.49. The van der Waals surface area contributed by atoms with Crippen LogP contribution in [-0.2, 0) is 11.3 Å². The lowest BCUT2D eigenvalue weighted by atomic mass is 10.3. The van der Waals surface area contributed by atoms with Gasteiger partial charge in [-0.2, -0.15) is 5.10 Å². The maximum absolute atomic E-state index is 11.8. The Bertz CT molecular complexity index is 579. The molecule has 0 saturated carbocycles. The summed E-state index contributed by atoms with van der Waals surface area (Å²) in [5, 5.41) is 7.17. The summed E-state index contributed by atoms with van der Waals surface area (Å²) in [6.45, 7) is 2.04. The molecule has 6 heteroatoms. The Labute approximate surface area is 110 Å². The Morgan fingerprint density at radius 3 is 2.89 bits per heavy atom. The lowest BCUT2D eigenvalue weighted by Crippen LogP contribution is -2.20. The van der Waals surface area contributed by atoms with E-state index in [0.717, 1.165) is 5.69 Å². The molecule has 94 valence electrons. The van der Waals surface area contributed by atoms with Crippen molar-refractivity contribution in [3.05, 3.63) is 41.2 Å². The SMILES string of the molecule is Cc1ccnn1CC(=O)Nc1ccc(N)cc1Cl. The molecule has 0 aliphatic heterocycles. The summed E-state index contributed by atoms with van der Waals surface area (Å²) in [6.07, 6.45) is 1.65. The fraction of sp³-hybridized carbons (Fsp3) is 0.167. The molecule has 1 amide bonds. The number of nitrogens with one attached hydrogen (secondary N) is 1. The molecule has 0 spiro atoms. The first-order chi connectivity index (χ1) is 8.56.